The van der Waals surface area contributed by atoms with Crippen molar-refractivity contribution in [1.29, 1.82) is 0 Å². The average molecular weight is 568 g/mol. The van der Waals surface area contributed by atoms with Crippen LogP contribution in [0.3, 0.4) is 0 Å². The second kappa shape index (κ2) is 11.5. The van der Waals surface area contributed by atoms with Crippen molar-refractivity contribution in [2.24, 2.45) is 0 Å². The number of fused-ring (bicyclic) bond motifs is 1. The summed E-state index contributed by atoms with van der Waals surface area (Å²) in [6.45, 7) is 3.83. The maximum absolute atomic E-state index is 15.8. The van der Waals surface area contributed by atoms with Crippen molar-refractivity contribution in [3.05, 3.63) is 41.4 Å². The number of alkyl halides is 1. The molecule has 0 aliphatic carbocycles. The number of aromatic nitrogens is 2. The number of sulfonamides is 1. The standard InChI is InChI=1S/C25H28ClF2N5O4S/c26-25-29-23-19(24(30-25)33-8-12-37-13-9-33)15-17(16-21(23)32-6-10-36-11-7-32)18-3-1-4-20(22(18)28)31-38(34,35)14-2-5-27/h1,3-4,15-16,31H,2,5-14H2. The summed E-state index contributed by atoms with van der Waals surface area (Å²) in [5, 5.41) is 0.806. The van der Waals surface area contributed by atoms with Gasteiger partial charge in [-0.15, -0.1) is 0 Å². The van der Waals surface area contributed by atoms with Gasteiger partial charge in [0.1, 0.15) is 11.3 Å². The summed E-state index contributed by atoms with van der Waals surface area (Å²) >= 11 is 6.38. The van der Waals surface area contributed by atoms with E-state index >= 15 is 4.39 Å². The van der Waals surface area contributed by atoms with Crippen molar-refractivity contribution < 1.29 is 26.7 Å². The largest absolute Gasteiger partial charge is 0.378 e. The van der Waals surface area contributed by atoms with Gasteiger partial charge in [0, 0.05) is 37.1 Å². The van der Waals surface area contributed by atoms with Crippen LogP contribution in [0.5, 0.6) is 0 Å². The van der Waals surface area contributed by atoms with E-state index in [1.165, 1.54) is 6.07 Å². The molecule has 38 heavy (non-hydrogen) atoms. The van der Waals surface area contributed by atoms with Gasteiger partial charge in [-0.25, -0.2) is 17.8 Å². The van der Waals surface area contributed by atoms with E-state index in [0.717, 1.165) is 5.69 Å². The third-order valence-electron chi connectivity index (χ3n) is 6.52. The molecule has 0 bridgehead atoms. The first-order valence-corrected chi connectivity index (χ1v) is 14.4. The molecule has 0 spiro atoms. The lowest BCUT2D eigenvalue weighted by molar-refractivity contribution is 0.122. The minimum atomic E-state index is -3.91. The second-order valence-corrected chi connectivity index (χ2v) is 11.2. The van der Waals surface area contributed by atoms with Crippen LogP contribution in [0, 0.1) is 5.82 Å². The molecule has 2 fully saturated rings. The van der Waals surface area contributed by atoms with Crippen molar-refractivity contribution in [2.45, 2.75) is 6.42 Å². The molecule has 0 unspecified atom stereocenters. The number of ether oxygens (including phenoxy) is 2. The Morgan fingerprint density at radius 1 is 1.00 bits per heavy atom. The van der Waals surface area contributed by atoms with Gasteiger partial charge < -0.3 is 19.3 Å². The molecule has 13 heteroatoms. The minimum Gasteiger partial charge on any atom is -0.378 e. The Hall–Kier alpha value is -2.80. The number of morpholine rings is 2. The van der Waals surface area contributed by atoms with Gasteiger partial charge >= 0.3 is 0 Å². The lowest BCUT2D eigenvalue weighted by atomic mass is 10.00. The van der Waals surface area contributed by atoms with Crippen LogP contribution < -0.4 is 14.5 Å². The fourth-order valence-corrected chi connectivity index (χ4v) is 5.93. The van der Waals surface area contributed by atoms with E-state index in [1.54, 1.807) is 18.2 Å². The summed E-state index contributed by atoms with van der Waals surface area (Å²) in [4.78, 5) is 13.3. The van der Waals surface area contributed by atoms with Gasteiger partial charge in [-0.1, -0.05) is 12.1 Å². The number of halogens is 3. The van der Waals surface area contributed by atoms with Gasteiger partial charge in [0.15, 0.2) is 5.82 Å². The molecule has 0 amide bonds. The van der Waals surface area contributed by atoms with Crippen molar-refractivity contribution >= 4 is 49.7 Å². The molecule has 3 aromatic rings. The first kappa shape index (κ1) is 26.8. The first-order valence-electron chi connectivity index (χ1n) is 12.4. The summed E-state index contributed by atoms with van der Waals surface area (Å²) in [6.07, 6.45) is -0.170. The van der Waals surface area contributed by atoms with E-state index < -0.39 is 28.3 Å². The number of anilines is 3. The summed E-state index contributed by atoms with van der Waals surface area (Å²) in [6, 6.07) is 8.15. The second-order valence-electron chi connectivity index (χ2n) is 9.04. The smallest absolute Gasteiger partial charge is 0.232 e. The third-order valence-corrected chi connectivity index (χ3v) is 8.04. The molecule has 0 radical (unpaired) electrons. The maximum atomic E-state index is 15.8. The van der Waals surface area contributed by atoms with Gasteiger partial charge in [-0.3, -0.25) is 9.11 Å². The summed E-state index contributed by atoms with van der Waals surface area (Å²) < 4.78 is 66.3. The Labute approximate surface area is 224 Å². The number of nitrogens with zero attached hydrogens (tertiary/aromatic N) is 4. The zero-order chi connectivity index (χ0) is 26.7. The Balaban J connectivity index is 1.66. The van der Waals surface area contributed by atoms with Crippen molar-refractivity contribution in [3.8, 4) is 11.1 Å². The fourth-order valence-electron chi connectivity index (χ4n) is 4.69. The number of rotatable bonds is 8. The normalized spacial score (nSPS) is 16.7. The lowest BCUT2D eigenvalue weighted by Gasteiger charge is -2.32. The van der Waals surface area contributed by atoms with Gasteiger partial charge in [-0.2, -0.15) is 4.98 Å². The van der Waals surface area contributed by atoms with Crippen LogP contribution >= 0.6 is 11.6 Å². The number of hydrogen-bond acceptors (Lipinski definition) is 8. The van der Waals surface area contributed by atoms with Crippen molar-refractivity contribution in [3.63, 3.8) is 0 Å². The number of benzene rings is 2. The monoisotopic (exact) mass is 567 g/mol. The summed E-state index contributed by atoms with van der Waals surface area (Å²) in [7, 11) is -3.91. The molecule has 3 heterocycles. The SMILES string of the molecule is O=S(=O)(CCCF)Nc1cccc(-c2cc(N3CCOCC3)c3nc(Cl)nc(N4CCOCC4)c3c2)c1F. The molecule has 1 aromatic heterocycles. The quantitative estimate of drug-likeness (QED) is 0.410. The van der Waals surface area contributed by atoms with Crippen LogP contribution in [0.25, 0.3) is 22.0 Å². The Bertz CT molecular complexity index is 1420. The highest BCUT2D eigenvalue weighted by molar-refractivity contribution is 7.92. The minimum absolute atomic E-state index is 0.108. The molecule has 9 nitrogen and oxygen atoms in total. The molecule has 5 rings (SSSR count). The topological polar surface area (TPSA) is 96.9 Å². The van der Waals surface area contributed by atoms with Crippen LogP contribution in [0.1, 0.15) is 6.42 Å². The molecule has 2 aromatic carbocycles. The zero-order valence-corrected chi connectivity index (χ0v) is 22.2. The summed E-state index contributed by atoms with van der Waals surface area (Å²) in [5.74, 6) is -0.541. The third kappa shape index (κ3) is 5.78. The van der Waals surface area contributed by atoms with E-state index in [0.29, 0.717) is 74.9 Å². The van der Waals surface area contributed by atoms with E-state index in [1.807, 2.05) is 6.07 Å². The molecule has 0 atom stereocenters. The molecule has 2 aliphatic rings. The molecule has 2 saturated heterocycles. The Morgan fingerprint density at radius 3 is 2.37 bits per heavy atom. The number of hydrogen-bond donors (Lipinski definition) is 1. The molecular weight excluding hydrogens is 540 g/mol. The highest BCUT2D eigenvalue weighted by Gasteiger charge is 2.24. The van der Waals surface area contributed by atoms with Crippen LogP contribution in [-0.2, 0) is 19.5 Å². The van der Waals surface area contributed by atoms with Gasteiger partial charge in [0.2, 0.25) is 15.3 Å². The molecule has 0 saturated carbocycles. The van der Waals surface area contributed by atoms with E-state index in [4.69, 9.17) is 21.1 Å². The van der Waals surface area contributed by atoms with Crippen molar-refractivity contribution in [1.82, 2.24) is 9.97 Å². The zero-order valence-electron chi connectivity index (χ0n) is 20.6. The van der Waals surface area contributed by atoms with Crippen LogP contribution in [0.15, 0.2) is 30.3 Å². The first-order chi connectivity index (χ1) is 18.4. The van der Waals surface area contributed by atoms with Crippen LogP contribution in [0.4, 0.5) is 26.0 Å². The van der Waals surface area contributed by atoms with Crippen molar-refractivity contribution in [2.75, 3.05) is 79.6 Å². The maximum Gasteiger partial charge on any atom is 0.232 e. The van der Waals surface area contributed by atoms with E-state index in [9.17, 15) is 12.8 Å². The summed E-state index contributed by atoms with van der Waals surface area (Å²) in [5.41, 5.74) is 1.93. The predicted octanol–water partition coefficient (Wildman–Crippen LogP) is 3.86. The Kier molecular flexibility index (Phi) is 8.12. The van der Waals surface area contributed by atoms with E-state index in [2.05, 4.69) is 24.5 Å². The Morgan fingerprint density at radius 2 is 1.68 bits per heavy atom. The van der Waals surface area contributed by atoms with Gasteiger partial charge in [-0.05, 0) is 41.8 Å². The lowest BCUT2D eigenvalue weighted by Crippen LogP contribution is -2.37. The molecular formula is C25H28ClF2N5O4S. The molecule has 1 N–H and O–H groups in total. The molecule has 204 valence electrons. The fraction of sp³-hybridized carbons (Fsp3) is 0.440. The van der Waals surface area contributed by atoms with Gasteiger partial charge in [0.05, 0.1) is 50.2 Å². The number of nitrogens with one attached hydrogen (secondary N) is 1. The highest BCUT2D eigenvalue weighted by Crippen LogP contribution is 2.39. The molecule has 2 aliphatic heterocycles. The van der Waals surface area contributed by atoms with Crippen LogP contribution in [0.2, 0.25) is 5.28 Å². The average Bonchev–Trinajstić information content (AvgIpc) is 2.93. The highest BCUT2D eigenvalue weighted by atomic mass is 35.5. The van der Waals surface area contributed by atoms with E-state index in [-0.39, 0.29) is 23.0 Å². The van der Waals surface area contributed by atoms with Crippen LogP contribution in [-0.4, -0.2) is 83.4 Å². The predicted molar refractivity (Wildman–Crippen MR) is 144 cm³/mol. The van der Waals surface area contributed by atoms with Gasteiger partial charge in [0.25, 0.3) is 0 Å².